The maximum Gasteiger partial charge on any atom is 0.274 e. The molecule has 0 unspecified atom stereocenters. The lowest BCUT2D eigenvalue weighted by atomic mass is 9.95. The molecule has 174 valence electrons. The molecule has 0 bridgehead atoms. The molecule has 7 nitrogen and oxygen atoms in total. The number of fused-ring (bicyclic) bond motifs is 5. The molecule has 4 aromatic heterocycles. The molecule has 0 atom stereocenters. The van der Waals surface area contributed by atoms with Crippen molar-refractivity contribution in [2.45, 2.75) is 45.1 Å². The molecule has 6 aromatic rings. The number of nitrogens with one attached hydrogen (secondary N) is 2. The fourth-order valence-electron chi connectivity index (χ4n) is 5.73. The summed E-state index contributed by atoms with van der Waals surface area (Å²) in [7, 11) is 0. The Bertz CT molecular complexity index is 1900. The van der Waals surface area contributed by atoms with Crippen LogP contribution in [0.2, 0.25) is 0 Å². The molecular weight excluding hydrogens is 440 g/mol. The van der Waals surface area contributed by atoms with Gasteiger partial charge in [0.25, 0.3) is 5.56 Å². The zero-order valence-electron chi connectivity index (χ0n) is 19.4. The van der Waals surface area contributed by atoms with E-state index in [1.807, 2.05) is 41.1 Å². The van der Waals surface area contributed by atoms with Gasteiger partial charge in [-0.3, -0.25) is 24.4 Å². The third kappa shape index (κ3) is 2.94. The Labute approximate surface area is 199 Å². The lowest BCUT2D eigenvalue weighted by molar-refractivity contribution is 0.335. The number of benzene rings is 2. The topological polar surface area (TPSA) is 96.7 Å². The van der Waals surface area contributed by atoms with Crippen LogP contribution in [0.5, 0.6) is 0 Å². The number of aromatic nitrogens is 4. The van der Waals surface area contributed by atoms with Crippen molar-refractivity contribution in [3.8, 4) is 11.1 Å². The summed E-state index contributed by atoms with van der Waals surface area (Å²) in [6.07, 6.45) is 7.38. The number of rotatable bonds is 2. The molecule has 4 heterocycles. The molecule has 0 saturated heterocycles. The molecule has 1 fully saturated rings. The van der Waals surface area contributed by atoms with Crippen LogP contribution >= 0.6 is 0 Å². The van der Waals surface area contributed by atoms with E-state index >= 15 is 0 Å². The van der Waals surface area contributed by atoms with E-state index < -0.39 is 0 Å². The highest BCUT2D eigenvalue weighted by Crippen LogP contribution is 2.40. The first-order chi connectivity index (χ1) is 17.1. The zero-order chi connectivity index (χ0) is 23.7. The lowest BCUT2D eigenvalue weighted by Crippen LogP contribution is -2.16. The summed E-state index contributed by atoms with van der Waals surface area (Å²) in [5, 5.41) is 5.53. The van der Waals surface area contributed by atoms with E-state index in [4.69, 9.17) is 4.42 Å². The summed E-state index contributed by atoms with van der Waals surface area (Å²) in [6, 6.07) is 13.5. The standard InChI is InChI=1S/C28H24N4O3/c1-15-21(33)12-10-19-24-26(35-25(15)19)22(17-9-11-20-16(14-17)6-5-13-29-20)23-27(30-24)32(31-28(23)34)18-7-3-2-4-8-18/h5-6,9-14,18,30H,2-4,7-8H2,1H3,(H,31,34). The van der Waals surface area contributed by atoms with Crippen molar-refractivity contribution >= 4 is 44.0 Å². The molecule has 1 saturated carbocycles. The Morgan fingerprint density at radius 1 is 1.03 bits per heavy atom. The van der Waals surface area contributed by atoms with Gasteiger partial charge in [-0.25, -0.2) is 0 Å². The number of hydrogen-bond donors (Lipinski definition) is 2. The second-order valence-electron chi connectivity index (χ2n) is 9.61. The Morgan fingerprint density at radius 2 is 1.89 bits per heavy atom. The number of pyridine rings is 2. The third-order valence-electron chi connectivity index (χ3n) is 7.54. The largest absolute Gasteiger partial charge is 0.453 e. The SMILES string of the molecule is Cc1c(=O)ccc2c1oc1c(-c3ccc4ncccc4c3)c3c(=O)[nH]n(C4CCCCC4)c3[nH]c12. The maximum atomic E-state index is 13.5. The van der Waals surface area contributed by atoms with Gasteiger partial charge < -0.3 is 9.40 Å². The number of nitrogens with zero attached hydrogens (tertiary/aromatic N) is 2. The van der Waals surface area contributed by atoms with Crippen molar-refractivity contribution in [3.05, 3.63) is 74.8 Å². The number of hydrogen-bond acceptors (Lipinski definition) is 4. The van der Waals surface area contributed by atoms with E-state index in [0.717, 1.165) is 64.3 Å². The Kier molecular flexibility index (Phi) is 4.30. The van der Waals surface area contributed by atoms with Gasteiger partial charge in [0.1, 0.15) is 11.2 Å². The Morgan fingerprint density at radius 3 is 2.74 bits per heavy atom. The van der Waals surface area contributed by atoms with Crippen LogP contribution in [0.15, 0.2) is 62.7 Å². The fraction of sp³-hybridized carbons (Fsp3) is 0.250. The first-order valence-electron chi connectivity index (χ1n) is 12.2. The van der Waals surface area contributed by atoms with Crippen molar-refractivity contribution in [3.63, 3.8) is 0 Å². The molecule has 0 aliphatic heterocycles. The minimum Gasteiger partial charge on any atom is -0.453 e. The second-order valence-corrected chi connectivity index (χ2v) is 9.61. The van der Waals surface area contributed by atoms with Gasteiger partial charge in [0.2, 0.25) is 0 Å². The Balaban J connectivity index is 1.65. The van der Waals surface area contributed by atoms with Gasteiger partial charge in [-0.15, -0.1) is 0 Å². The van der Waals surface area contributed by atoms with E-state index in [1.54, 1.807) is 19.2 Å². The Hall–Kier alpha value is -4.13. The van der Waals surface area contributed by atoms with Gasteiger partial charge in [-0.2, -0.15) is 0 Å². The van der Waals surface area contributed by atoms with Crippen LogP contribution in [0.3, 0.4) is 0 Å². The number of furan rings is 1. The molecule has 7 heteroatoms. The van der Waals surface area contributed by atoms with E-state index in [-0.39, 0.29) is 17.0 Å². The van der Waals surface area contributed by atoms with Crippen LogP contribution in [0.25, 0.3) is 55.1 Å². The van der Waals surface area contributed by atoms with E-state index in [0.29, 0.717) is 22.1 Å². The van der Waals surface area contributed by atoms with Crippen molar-refractivity contribution in [2.24, 2.45) is 0 Å². The molecule has 0 amide bonds. The van der Waals surface area contributed by atoms with Gasteiger partial charge in [0, 0.05) is 28.1 Å². The van der Waals surface area contributed by atoms with Gasteiger partial charge in [-0.05, 0) is 55.7 Å². The van der Waals surface area contributed by atoms with E-state index in [2.05, 4.69) is 15.1 Å². The van der Waals surface area contributed by atoms with Gasteiger partial charge in [0.15, 0.2) is 11.0 Å². The minimum absolute atomic E-state index is 0.0657. The molecule has 7 rings (SSSR count). The maximum absolute atomic E-state index is 13.5. The lowest BCUT2D eigenvalue weighted by Gasteiger charge is -2.23. The molecule has 0 spiro atoms. The minimum atomic E-state index is -0.147. The normalized spacial score (nSPS) is 15.1. The smallest absolute Gasteiger partial charge is 0.274 e. The number of aryl methyl sites for hydroxylation is 1. The molecular formula is C28H24N4O3. The van der Waals surface area contributed by atoms with Crippen LogP contribution in [0, 0.1) is 6.92 Å². The summed E-state index contributed by atoms with van der Waals surface area (Å²) in [5.41, 5.74) is 5.54. The molecule has 35 heavy (non-hydrogen) atoms. The molecule has 1 aliphatic rings. The zero-order valence-corrected chi connectivity index (χ0v) is 19.4. The highest BCUT2D eigenvalue weighted by molar-refractivity contribution is 6.15. The number of H-pyrrole nitrogens is 2. The average Bonchev–Trinajstić information content (AvgIpc) is 3.43. The van der Waals surface area contributed by atoms with Crippen molar-refractivity contribution in [2.75, 3.05) is 0 Å². The summed E-state index contributed by atoms with van der Waals surface area (Å²) in [4.78, 5) is 33.8. The first kappa shape index (κ1) is 20.3. The van der Waals surface area contributed by atoms with Crippen LogP contribution in [-0.4, -0.2) is 19.7 Å². The van der Waals surface area contributed by atoms with E-state index in [9.17, 15) is 9.59 Å². The summed E-state index contributed by atoms with van der Waals surface area (Å²) in [5.74, 6) is 0. The predicted molar refractivity (Wildman–Crippen MR) is 138 cm³/mol. The summed E-state index contributed by atoms with van der Waals surface area (Å²) < 4.78 is 8.39. The second kappa shape index (κ2) is 7.43. The van der Waals surface area contributed by atoms with Crippen LogP contribution in [0.1, 0.15) is 43.7 Å². The predicted octanol–water partition coefficient (Wildman–Crippen LogP) is 5.95. The number of aromatic amines is 2. The average molecular weight is 465 g/mol. The van der Waals surface area contributed by atoms with Gasteiger partial charge >= 0.3 is 0 Å². The first-order valence-corrected chi connectivity index (χ1v) is 12.2. The molecule has 2 aromatic carbocycles. The highest BCUT2D eigenvalue weighted by atomic mass is 16.3. The van der Waals surface area contributed by atoms with Gasteiger partial charge in [-0.1, -0.05) is 31.4 Å². The van der Waals surface area contributed by atoms with Crippen LogP contribution in [0.4, 0.5) is 0 Å². The summed E-state index contributed by atoms with van der Waals surface area (Å²) >= 11 is 0. The van der Waals surface area contributed by atoms with Crippen molar-refractivity contribution in [1.29, 1.82) is 0 Å². The summed E-state index contributed by atoms with van der Waals surface area (Å²) in [6.45, 7) is 1.78. The third-order valence-corrected chi connectivity index (χ3v) is 7.54. The molecule has 2 N–H and O–H groups in total. The van der Waals surface area contributed by atoms with Crippen LogP contribution < -0.4 is 11.0 Å². The van der Waals surface area contributed by atoms with Crippen molar-refractivity contribution < 1.29 is 4.42 Å². The monoisotopic (exact) mass is 464 g/mol. The highest BCUT2D eigenvalue weighted by Gasteiger charge is 2.26. The van der Waals surface area contributed by atoms with E-state index in [1.165, 1.54) is 6.42 Å². The quantitative estimate of drug-likeness (QED) is 0.331. The molecule has 0 radical (unpaired) electrons. The van der Waals surface area contributed by atoms with Crippen LogP contribution in [-0.2, 0) is 0 Å². The van der Waals surface area contributed by atoms with Crippen molar-refractivity contribution in [1.82, 2.24) is 19.7 Å². The molecule has 1 aliphatic carbocycles. The van der Waals surface area contributed by atoms with Gasteiger partial charge in [0.05, 0.1) is 22.5 Å². The fourth-order valence-corrected chi connectivity index (χ4v) is 5.73.